The van der Waals surface area contributed by atoms with Crippen LogP contribution in [0.15, 0.2) is 34.0 Å². The summed E-state index contributed by atoms with van der Waals surface area (Å²) in [4.78, 5) is 27.3. The minimum atomic E-state index is -0.557. The average Bonchev–Trinajstić information content (AvgIpc) is 3.41. The number of hydrogen-bond donors (Lipinski definition) is 3. The van der Waals surface area contributed by atoms with E-state index in [1.807, 2.05) is 27.9 Å². The van der Waals surface area contributed by atoms with Gasteiger partial charge in [-0.05, 0) is 54.0 Å². The van der Waals surface area contributed by atoms with E-state index in [1.54, 1.807) is 29.2 Å². The second-order valence-corrected chi connectivity index (χ2v) is 7.46. The van der Waals surface area contributed by atoms with Crippen molar-refractivity contribution in [3.05, 3.63) is 41.2 Å². The summed E-state index contributed by atoms with van der Waals surface area (Å²) in [5.41, 5.74) is 9.41. The first-order chi connectivity index (χ1) is 16.3. The van der Waals surface area contributed by atoms with E-state index >= 15 is 0 Å². The van der Waals surface area contributed by atoms with Gasteiger partial charge in [0.05, 0.1) is 20.3 Å². The van der Waals surface area contributed by atoms with Gasteiger partial charge < -0.3 is 20.3 Å². The van der Waals surface area contributed by atoms with E-state index in [1.165, 1.54) is 10.9 Å². The molecule has 0 bridgehead atoms. The third-order valence-corrected chi connectivity index (χ3v) is 4.68. The Morgan fingerprint density at radius 2 is 1.94 bits per heavy atom. The topological polar surface area (TPSA) is 171 Å². The fourth-order valence-electron chi connectivity index (χ4n) is 2.97. The van der Waals surface area contributed by atoms with Gasteiger partial charge in [-0.25, -0.2) is 14.8 Å². The van der Waals surface area contributed by atoms with Gasteiger partial charge in [-0.15, -0.1) is 5.10 Å². The molecule has 4 N–H and O–H groups in total. The van der Waals surface area contributed by atoms with Crippen molar-refractivity contribution in [1.29, 1.82) is 0 Å². The van der Waals surface area contributed by atoms with Crippen LogP contribution in [0.1, 0.15) is 35.6 Å². The van der Waals surface area contributed by atoms with Crippen LogP contribution in [0.3, 0.4) is 0 Å². The lowest BCUT2D eigenvalue weighted by Crippen LogP contribution is -3.04. The van der Waals surface area contributed by atoms with E-state index < -0.39 is 12.0 Å². The lowest BCUT2D eigenvalue weighted by Gasteiger charge is -2.17. The van der Waals surface area contributed by atoms with Crippen molar-refractivity contribution in [2.45, 2.75) is 20.4 Å². The fourth-order valence-corrected chi connectivity index (χ4v) is 2.97. The summed E-state index contributed by atoms with van der Waals surface area (Å²) in [6.07, 6.45) is 1.04. The number of benzene rings is 1. The monoisotopic (exact) mass is 471 g/mol. The first kappa shape index (κ1) is 24.3. The molecule has 0 unspecified atom stereocenters. The molecule has 14 nitrogen and oxygen atoms in total. The smallest absolute Gasteiger partial charge is 0.410 e. The predicted octanol–water partition coefficient (Wildman–Crippen LogP) is -0.518. The Morgan fingerprint density at radius 3 is 2.53 bits per heavy atom. The van der Waals surface area contributed by atoms with Gasteiger partial charge >= 0.3 is 6.09 Å². The van der Waals surface area contributed by atoms with E-state index in [0.29, 0.717) is 36.6 Å². The average molecular weight is 472 g/mol. The maximum atomic E-state index is 12.7. The second kappa shape index (κ2) is 11.0. The van der Waals surface area contributed by atoms with Crippen LogP contribution in [0.5, 0.6) is 5.75 Å². The van der Waals surface area contributed by atoms with Crippen molar-refractivity contribution in [1.82, 2.24) is 35.6 Å². The van der Waals surface area contributed by atoms with Gasteiger partial charge in [0, 0.05) is 13.1 Å². The zero-order valence-corrected chi connectivity index (χ0v) is 19.3. The van der Waals surface area contributed by atoms with E-state index in [-0.39, 0.29) is 17.3 Å². The zero-order chi connectivity index (χ0) is 24.7. The quantitative estimate of drug-likeness (QED) is 0.274. The Kier molecular flexibility index (Phi) is 7.87. The van der Waals surface area contributed by atoms with Crippen LogP contribution in [-0.2, 0) is 6.54 Å². The number of carbonyl (C=O) groups excluding carboxylic acids is 2. The van der Waals surface area contributed by atoms with Gasteiger partial charge in [-0.3, -0.25) is 4.79 Å². The lowest BCUT2D eigenvalue weighted by atomic mass is 10.2. The summed E-state index contributed by atoms with van der Waals surface area (Å²) in [6.45, 7) is 5.29. The number of aromatic nitrogens is 5. The van der Waals surface area contributed by atoms with Gasteiger partial charge in [-0.1, -0.05) is 5.21 Å². The summed E-state index contributed by atoms with van der Waals surface area (Å²) in [6, 6.07) is 6.70. The largest absolute Gasteiger partial charge is 0.415 e. The molecule has 2 amide bonds. The summed E-state index contributed by atoms with van der Waals surface area (Å²) in [5.74, 6) is 0.0230. The van der Waals surface area contributed by atoms with Crippen molar-refractivity contribution >= 4 is 24.0 Å². The van der Waals surface area contributed by atoms with Gasteiger partial charge in [-0.2, -0.15) is 9.78 Å². The molecule has 0 fully saturated rings. The highest BCUT2D eigenvalue weighted by Crippen LogP contribution is 2.15. The van der Waals surface area contributed by atoms with Gasteiger partial charge in [0.15, 0.2) is 5.69 Å². The van der Waals surface area contributed by atoms with Crippen LogP contribution < -0.4 is 20.8 Å². The van der Waals surface area contributed by atoms with Crippen LogP contribution in [0, 0.1) is 0 Å². The lowest BCUT2D eigenvalue weighted by molar-refractivity contribution is -0.873. The first-order valence-electron chi connectivity index (χ1n) is 10.6. The summed E-state index contributed by atoms with van der Waals surface area (Å²) in [5, 5.41) is 19.2. The summed E-state index contributed by atoms with van der Waals surface area (Å²) in [7, 11) is 3.81. The van der Waals surface area contributed by atoms with Crippen molar-refractivity contribution in [3.8, 4) is 11.6 Å². The molecule has 0 saturated heterocycles. The summed E-state index contributed by atoms with van der Waals surface area (Å²) >= 11 is 0. The Labute approximate surface area is 195 Å². The van der Waals surface area contributed by atoms with Crippen molar-refractivity contribution < 1.29 is 23.9 Å². The maximum Gasteiger partial charge on any atom is 0.415 e. The molecule has 0 spiro atoms. The molecular weight excluding hydrogens is 444 g/mol. The third-order valence-electron chi connectivity index (χ3n) is 4.68. The van der Waals surface area contributed by atoms with E-state index in [9.17, 15) is 9.59 Å². The second-order valence-electron chi connectivity index (χ2n) is 7.46. The standard InChI is InChI=1S/C20H26N10O4/c1-5-29(6-2)20(32)33-14-9-7-13(8-10-14)11-22-24-19(31)16-15(12-28(3)4)30(27-23-16)18-17(21)25-34-26-18/h7-11H,5-6,12H2,1-4H3,(H2,21,25)(H,24,31)/p+1. The van der Waals surface area contributed by atoms with Gasteiger partial charge in [0.2, 0.25) is 11.6 Å². The molecule has 2 aromatic heterocycles. The first-order valence-corrected chi connectivity index (χ1v) is 10.6. The normalized spacial score (nSPS) is 11.2. The van der Waals surface area contributed by atoms with Crippen LogP contribution in [0.2, 0.25) is 0 Å². The molecule has 180 valence electrons. The Hall–Kier alpha value is -4.33. The van der Waals surface area contributed by atoms with E-state index in [4.69, 9.17) is 10.5 Å². The number of hydrazone groups is 1. The molecule has 1 aromatic carbocycles. The number of carbonyl (C=O) groups is 2. The van der Waals surface area contributed by atoms with Crippen LogP contribution in [0.25, 0.3) is 5.82 Å². The SMILES string of the molecule is CCN(CC)C(=O)Oc1ccc(C=NNC(=O)c2nnn(-c3nonc3N)c2C[NH+](C)C)cc1. The number of rotatable bonds is 9. The number of quaternary nitrogens is 1. The van der Waals surface area contributed by atoms with Crippen LogP contribution in [0.4, 0.5) is 10.6 Å². The molecule has 0 aliphatic carbocycles. The van der Waals surface area contributed by atoms with Gasteiger partial charge in [0.25, 0.3) is 5.91 Å². The van der Waals surface area contributed by atoms with Crippen LogP contribution in [-0.4, -0.2) is 75.6 Å². The van der Waals surface area contributed by atoms with Crippen molar-refractivity contribution in [2.75, 3.05) is 32.9 Å². The molecule has 0 aliphatic heterocycles. The predicted molar refractivity (Wildman–Crippen MR) is 121 cm³/mol. The van der Waals surface area contributed by atoms with Crippen molar-refractivity contribution in [2.24, 2.45) is 5.10 Å². The molecule has 14 heteroatoms. The number of hydrogen-bond acceptors (Lipinski definition) is 10. The molecule has 3 rings (SSSR count). The minimum Gasteiger partial charge on any atom is -0.410 e. The maximum absolute atomic E-state index is 12.7. The molecule has 0 saturated carbocycles. The van der Waals surface area contributed by atoms with Gasteiger partial charge in [0.1, 0.15) is 18.0 Å². The number of anilines is 1. The molecule has 0 atom stereocenters. The molecule has 0 radical (unpaired) electrons. The number of nitrogens with zero attached hydrogens (tertiary/aromatic N) is 7. The molecule has 3 aromatic rings. The van der Waals surface area contributed by atoms with Crippen molar-refractivity contribution in [3.63, 3.8) is 0 Å². The molecular formula is C20H27N10O4+. The molecule has 2 heterocycles. The highest BCUT2D eigenvalue weighted by atomic mass is 16.6. The van der Waals surface area contributed by atoms with Crippen LogP contribution >= 0.6 is 0 Å². The molecule has 0 aliphatic rings. The summed E-state index contributed by atoms with van der Waals surface area (Å²) < 4.78 is 11.3. The van der Waals surface area contributed by atoms with E-state index in [2.05, 4.69) is 35.8 Å². The fraction of sp³-hybridized carbons (Fsp3) is 0.350. The Morgan fingerprint density at radius 1 is 1.24 bits per heavy atom. The molecule has 34 heavy (non-hydrogen) atoms. The number of amides is 2. The Balaban J connectivity index is 1.67. The highest BCUT2D eigenvalue weighted by Gasteiger charge is 2.25. The Bertz CT molecular complexity index is 1150. The minimum absolute atomic E-state index is 0.0242. The number of nitrogen functional groups attached to an aromatic ring is 1. The number of nitrogens with two attached hydrogens (primary N) is 1. The number of nitrogens with one attached hydrogen (secondary N) is 2. The number of ether oxygens (including phenoxy) is 1. The van der Waals surface area contributed by atoms with E-state index in [0.717, 1.165) is 4.90 Å². The highest BCUT2D eigenvalue weighted by molar-refractivity contribution is 5.94. The third kappa shape index (κ3) is 5.72. The zero-order valence-electron chi connectivity index (χ0n) is 19.3.